The number of amides is 1. The maximum atomic E-state index is 14.9. The monoisotopic (exact) mass is 593 g/mol. The van der Waals surface area contributed by atoms with Crippen molar-refractivity contribution in [1.29, 1.82) is 0 Å². The standard InChI is InChI=1S/C33H32FN7OS/c1-39-12-14-40(15-13-39)24-7-5-23(6-8-24)36-31-32-35-10-11-41(32)19-28(37-31)21-4-9-26(34)27(17-21)38-33(42)29-18-25-20-2-3-22(16-20)30(25)43-29/h4-11,17-20,22H,2-3,12-16H2,1H3,(H,36,37)(H,38,42). The molecule has 2 fully saturated rings. The van der Waals surface area contributed by atoms with Gasteiger partial charge in [-0.3, -0.25) is 4.79 Å². The van der Waals surface area contributed by atoms with Crippen LogP contribution < -0.4 is 15.5 Å². The van der Waals surface area contributed by atoms with Crippen molar-refractivity contribution in [2.24, 2.45) is 0 Å². The number of thiophene rings is 1. The minimum atomic E-state index is -0.483. The molecular formula is C33H32FN7OS. The van der Waals surface area contributed by atoms with Crippen LogP contribution in [0.3, 0.4) is 0 Å². The molecule has 2 atom stereocenters. The molecule has 2 bridgehead atoms. The van der Waals surface area contributed by atoms with Crippen LogP contribution in [0.2, 0.25) is 0 Å². The van der Waals surface area contributed by atoms with E-state index in [0.29, 0.717) is 39.4 Å². The highest BCUT2D eigenvalue weighted by Crippen LogP contribution is 2.56. The van der Waals surface area contributed by atoms with E-state index in [1.54, 1.807) is 29.7 Å². The number of fused-ring (bicyclic) bond motifs is 6. The van der Waals surface area contributed by atoms with Crippen molar-refractivity contribution in [2.75, 3.05) is 48.8 Å². The summed E-state index contributed by atoms with van der Waals surface area (Å²) in [6.07, 6.45) is 9.08. The molecule has 10 heteroatoms. The predicted molar refractivity (Wildman–Crippen MR) is 169 cm³/mol. The van der Waals surface area contributed by atoms with Gasteiger partial charge in [-0.05, 0) is 92.2 Å². The number of anilines is 4. The molecule has 2 N–H and O–H groups in total. The summed E-state index contributed by atoms with van der Waals surface area (Å²) in [6, 6.07) is 15.1. The number of piperazine rings is 1. The van der Waals surface area contributed by atoms with E-state index >= 15 is 0 Å². The van der Waals surface area contributed by atoms with Gasteiger partial charge in [0.1, 0.15) is 5.82 Å². The first-order valence-corrected chi connectivity index (χ1v) is 15.7. The third kappa shape index (κ3) is 4.84. The molecule has 8 rings (SSSR count). The van der Waals surface area contributed by atoms with Crippen LogP contribution in [0, 0.1) is 5.82 Å². The Bertz CT molecular complexity index is 1810. The highest BCUT2D eigenvalue weighted by Gasteiger charge is 2.39. The number of benzene rings is 2. The molecule has 218 valence electrons. The Morgan fingerprint density at radius 2 is 1.84 bits per heavy atom. The molecule has 2 aromatic carbocycles. The average molecular weight is 594 g/mol. The molecule has 8 nitrogen and oxygen atoms in total. The largest absolute Gasteiger partial charge is 0.369 e. The molecule has 4 heterocycles. The number of carbonyl (C=O) groups excluding carboxylic acids is 1. The van der Waals surface area contributed by atoms with Crippen molar-refractivity contribution >= 4 is 45.8 Å². The lowest BCUT2D eigenvalue weighted by molar-refractivity contribution is 0.103. The van der Waals surface area contributed by atoms with E-state index in [4.69, 9.17) is 4.98 Å². The quantitative estimate of drug-likeness (QED) is 0.228. The number of aromatic nitrogens is 3. The lowest BCUT2D eigenvalue weighted by atomic mass is 9.99. The molecule has 2 aliphatic carbocycles. The maximum Gasteiger partial charge on any atom is 0.265 e. The first-order valence-electron chi connectivity index (χ1n) is 14.9. The summed E-state index contributed by atoms with van der Waals surface area (Å²) in [4.78, 5) is 29.3. The fourth-order valence-electron chi connectivity index (χ4n) is 6.75. The number of rotatable bonds is 6. The molecule has 0 spiro atoms. The number of imidazole rings is 1. The van der Waals surface area contributed by atoms with Crippen molar-refractivity contribution in [1.82, 2.24) is 19.3 Å². The molecule has 2 unspecified atom stereocenters. The predicted octanol–water partition coefficient (Wildman–Crippen LogP) is 6.71. The summed E-state index contributed by atoms with van der Waals surface area (Å²) < 4.78 is 16.8. The van der Waals surface area contributed by atoms with Gasteiger partial charge in [-0.1, -0.05) is 0 Å². The average Bonchev–Trinajstić information content (AvgIpc) is 3.82. The third-order valence-corrected chi connectivity index (χ3v) is 10.5. The van der Waals surface area contributed by atoms with Gasteiger partial charge in [0.15, 0.2) is 11.5 Å². The number of hydrogen-bond acceptors (Lipinski definition) is 7. The van der Waals surface area contributed by atoms with E-state index in [2.05, 4.69) is 56.7 Å². The zero-order chi connectivity index (χ0) is 29.1. The Kier molecular flexibility index (Phi) is 6.41. The van der Waals surface area contributed by atoms with Gasteiger partial charge in [0.05, 0.1) is 16.3 Å². The number of likely N-dealkylation sites (N-methyl/N-ethyl adjacent to an activating group) is 1. The van der Waals surface area contributed by atoms with Crippen LogP contribution in [0.4, 0.5) is 27.3 Å². The number of hydrogen-bond donors (Lipinski definition) is 2. The van der Waals surface area contributed by atoms with E-state index in [1.165, 1.54) is 41.5 Å². The van der Waals surface area contributed by atoms with Crippen LogP contribution in [0.25, 0.3) is 16.9 Å². The lowest BCUT2D eigenvalue weighted by Gasteiger charge is -2.34. The fourth-order valence-corrected chi connectivity index (χ4v) is 8.04. The van der Waals surface area contributed by atoms with E-state index < -0.39 is 5.82 Å². The molecule has 1 saturated carbocycles. The van der Waals surface area contributed by atoms with E-state index in [1.807, 2.05) is 22.9 Å². The van der Waals surface area contributed by atoms with Crippen molar-refractivity contribution in [3.8, 4) is 11.3 Å². The van der Waals surface area contributed by atoms with Gasteiger partial charge in [-0.25, -0.2) is 14.4 Å². The molecule has 3 aromatic heterocycles. The minimum Gasteiger partial charge on any atom is -0.369 e. The second-order valence-electron chi connectivity index (χ2n) is 11.9. The van der Waals surface area contributed by atoms with E-state index in [0.717, 1.165) is 31.9 Å². The molecule has 1 aliphatic heterocycles. The summed E-state index contributed by atoms with van der Waals surface area (Å²) in [7, 11) is 2.16. The molecule has 3 aliphatic rings. The van der Waals surface area contributed by atoms with Gasteiger partial charge in [0.2, 0.25) is 0 Å². The van der Waals surface area contributed by atoms with Gasteiger partial charge >= 0.3 is 0 Å². The van der Waals surface area contributed by atoms with Gasteiger partial charge in [0, 0.05) is 66.6 Å². The molecule has 5 aromatic rings. The Balaban J connectivity index is 1.04. The van der Waals surface area contributed by atoms with Gasteiger partial charge < -0.3 is 24.8 Å². The summed E-state index contributed by atoms with van der Waals surface area (Å²) in [5.41, 5.74) is 5.56. The number of nitrogens with one attached hydrogen (secondary N) is 2. The second-order valence-corrected chi connectivity index (χ2v) is 13.0. The van der Waals surface area contributed by atoms with E-state index in [9.17, 15) is 9.18 Å². The Morgan fingerprint density at radius 1 is 1.02 bits per heavy atom. The molecule has 1 amide bonds. The highest BCUT2D eigenvalue weighted by molar-refractivity contribution is 7.14. The number of nitrogens with zero attached hydrogens (tertiary/aromatic N) is 5. The summed E-state index contributed by atoms with van der Waals surface area (Å²) in [6.45, 7) is 4.14. The van der Waals surface area contributed by atoms with Gasteiger partial charge in [-0.2, -0.15) is 0 Å². The molecule has 43 heavy (non-hydrogen) atoms. The normalized spacial score (nSPS) is 19.6. The zero-order valence-electron chi connectivity index (χ0n) is 23.9. The SMILES string of the molecule is CN1CCN(c2ccc(Nc3nc(-c4ccc(F)c(NC(=O)c5cc6c(s5)C5CCC6C5)c4)cn4ccnc34)cc2)CC1. The molecular weight excluding hydrogens is 561 g/mol. The Labute approximate surface area is 253 Å². The summed E-state index contributed by atoms with van der Waals surface area (Å²) in [5.74, 6) is 1.01. The highest BCUT2D eigenvalue weighted by atomic mass is 32.1. The fraction of sp³-hybridized carbons (Fsp3) is 0.303. The summed E-state index contributed by atoms with van der Waals surface area (Å²) in [5, 5.41) is 6.25. The number of halogens is 1. The first kappa shape index (κ1) is 26.4. The third-order valence-electron chi connectivity index (χ3n) is 9.14. The Morgan fingerprint density at radius 3 is 2.65 bits per heavy atom. The first-order chi connectivity index (χ1) is 21.0. The molecule has 0 radical (unpaired) electrons. The van der Waals surface area contributed by atoms with Crippen molar-refractivity contribution in [3.05, 3.63) is 88.3 Å². The molecule has 1 saturated heterocycles. The van der Waals surface area contributed by atoms with Crippen LogP contribution in [0.1, 0.15) is 51.2 Å². The van der Waals surface area contributed by atoms with E-state index in [-0.39, 0.29) is 11.6 Å². The second kappa shape index (κ2) is 10.5. The minimum absolute atomic E-state index is 0.139. The topological polar surface area (TPSA) is 77.8 Å². The zero-order valence-corrected chi connectivity index (χ0v) is 24.7. The lowest BCUT2D eigenvalue weighted by Crippen LogP contribution is -2.44. The summed E-state index contributed by atoms with van der Waals surface area (Å²) >= 11 is 1.56. The smallest absolute Gasteiger partial charge is 0.265 e. The number of carbonyl (C=O) groups is 1. The van der Waals surface area contributed by atoms with Crippen LogP contribution in [-0.4, -0.2) is 58.4 Å². The van der Waals surface area contributed by atoms with Crippen LogP contribution in [0.15, 0.2) is 67.1 Å². The maximum absolute atomic E-state index is 14.9. The van der Waals surface area contributed by atoms with Crippen molar-refractivity contribution in [3.63, 3.8) is 0 Å². The van der Waals surface area contributed by atoms with Crippen molar-refractivity contribution < 1.29 is 9.18 Å². The van der Waals surface area contributed by atoms with Crippen LogP contribution in [0.5, 0.6) is 0 Å². The van der Waals surface area contributed by atoms with Gasteiger partial charge in [-0.15, -0.1) is 11.3 Å². The van der Waals surface area contributed by atoms with Crippen molar-refractivity contribution in [2.45, 2.75) is 31.1 Å². The van der Waals surface area contributed by atoms with Crippen LogP contribution in [-0.2, 0) is 0 Å². The van der Waals surface area contributed by atoms with Crippen LogP contribution >= 0.6 is 11.3 Å². The Hall–Kier alpha value is -4.28. The van der Waals surface area contributed by atoms with Gasteiger partial charge in [0.25, 0.3) is 5.91 Å².